The highest BCUT2D eigenvalue weighted by atomic mass is 16.1. The summed E-state index contributed by atoms with van der Waals surface area (Å²) in [5, 5.41) is 0. The van der Waals surface area contributed by atoms with Crippen LogP contribution in [0.2, 0.25) is 0 Å². The Morgan fingerprint density at radius 2 is 2.50 bits per heavy atom. The summed E-state index contributed by atoms with van der Waals surface area (Å²) in [5.41, 5.74) is 4.92. The van der Waals surface area contributed by atoms with Gasteiger partial charge in [0.2, 0.25) is 0 Å². The minimum absolute atomic E-state index is 0.236. The number of rotatable bonds is 2. The summed E-state index contributed by atoms with van der Waals surface area (Å²) in [6, 6.07) is 0. The van der Waals surface area contributed by atoms with Crippen LogP contribution < -0.4 is 5.73 Å². The maximum atomic E-state index is 10.1. The van der Waals surface area contributed by atoms with Crippen molar-refractivity contribution in [2.45, 2.75) is 12.0 Å². The van der Waals surface area contributed by atoms with Gasteiger partial charge in [-0.25, -0.2) is 0 Å². The molecule has 0 aromatic carbocycles. The zero-order chi connectivity index (χ0) is 6.20. The molecule has 44 valence electrons. The molecule has 2 atom stereocenters. The third kappa shape index (κ3) is 0.574. The van der Waals surface area contributed by atoms with Crippen LogP contribution in [0.15, 0.2) is 12.7 Å². The predicted molar refractivity (Wildman–Crippen MR) is 31.3 cm³/mol. The van der Waals surface area contributed by atoms with Crippen molar-refractivity contribution in [3.8, 4) is 0 Å². The molecule has 0 aromatic rings. The number of carbonyl (C=O) groups excluding carboxylic acids is 1. The lowest BCUT2D eigenvalue weighted by Crippen LogP contribution is -2.25. The summed E-state index contributed by atoms with van der Waals surface area (Å²) in [6.45, 7) is 3.53. The maximum absolute atomic E-state index is 10.1. The van der Waals surface area contributed by atoms with Crippen LogP contribution in [0.25, 0.3) is 0 Å². The lowest BCUT2D eigenvalue weighted by molar-refractivity contribution is -0.109. The number of aldehydes is 1. The Morgan fingerprint density at radius 1 is 1.88 bits per heavy atom. The molecule has 1 aliphatic rings. The summed E-state index contributed by atoms with van der Waals surface area (Å²) in [6.07, 6.45) is 3.31. The van der Waals surface area contributed by atoms with E-state index in [2.05, 4.69) is 6.58 Å². The summed E-state index contributed by atoms with van der Waals surface area (Å²) < 4.78 is 0. The average Bonchev–Trinajstić information content (AvgIpc) is 2.44. The van der Waals surface area contributed by atoms with Crippen molar-refractivity contribution in [1.29, 1.82) is 0 Å². The topological polar surface area (TPSA) is 43.1 Å². The van der Waals surface area contributed by atoms with Crippen LogP contribution in [-0.4, -0.2) is 11.8 Å². The van der Waals surface area contributed by atoms with Crippen LogP contribution in [0.3, 0.4) is 0 Å². The molecular formula is C6H9NO. The summed E-state index contributed by atoms with van der Waals surface area (Å²) in [7, 11) is 0. The molecule has 0 heterocycles. The molecule has 8 heavy (non-hydrogen) atoms. The average molecular weight is 111 g/mol. The summed E-state index contributed by atoms with van der Waals surface area (Å²) in [4.78, 5) is 10.1. The Kier molecular flexibility index (Phi) is 0.978. The summed E-state index contributed by atoms with van der Waals surface area (Å²) >= 11 is 0. The van der Waals surface area contributed by atoms with Crippen molar-refractivity contribution in [2.24, 2.45) is 11.7 Å². The second-order valence-electron chi connectivity index (χ2n) is 2.28. The van der Waals surface area contributed by atoms with E-state index < -0.39 is 5.54 Å². The van der Waals surface area contributed by atoms with Crippen molar-refractivity contribution in [1.82, 2.24) is 0 Å². The second-order valence-corrected chi connectivity index (χ2v) is 2.28. The molecule has 2 N–H and O–H groups in total. The Morgan fingerprint density at radius 3 is 2.62 bits per heavy atom. The van der Waals surface area contributed by atoms with Gasteiger partial charge in [0, 0.05) is 5.92 Å². The molecule has 2 heteroatoms. The maximum Gasteiger partial charge on any atom is 0.140 e. The summed E-state index contributed by atoms with van der Waals surface area (Å²) in [5.74, 6) is 0.236. The molecule has 0 radical (unpaired) electrons. The van der Waals surface area contributed by atoms with Gasteiger partial charge in [-0.3, -0.25) is 0 Å². The largest absolute Gasteiger partial charge is 0.319 e. The lowest BCUT2D eigenvalue weighted by atomic mass is 10.2. The standard InChI is InChI=1S/C6H9NO/c1-2-5-3-6(5,7)4-8/h2,4-5H,1,3,7H2. The smallest absolute Gasteiger partial charge is 0.140 e. The molecule has 1 rings (SSSR count). The number of carbonyl (C=O) groups is 1. The van der Waals surface area contributed by atoms with Crippen molar-refractivity contribution >= 4 is 6.29 Å². The van der Waals surface area contributed by atoms with Crippen LogP contribution in [0.1, 0.15) is 6.42 Å². The van der Waals surface area contributed by atoms with Crippen molar-refractivity contribution in [2.75, 3.05) is 0 Å². The molecule has 0 aliphatic heterocycles. The third-order valence-electron chi connectivity index (χ3n) is 1.61. The van der Waals surface area contributed by atoms with E-state index in [9.17, 15) is 4.79 Å². The Balaban J connectivity index is 2.54. The molecule has 1 saturated carbocycles. The fraction of sp³-hybridized carbons (Fsp3) is 0.500. The van der Waals surface area contributed by atoms with Gasteiger partial charge in [0.05, 0.1) is 5.54 Å². The Labute approximate surface area is 48.4 Å². The van der Waals surface area contributed by atoms with E-state index in [4.69, 9.17) is 5.73 Å². The Bertz CT molecular complexity index is 132. The van der Waals surface area contributed by atoms with Gasteiger partial charge in [-0.1, -0.05) is 6.08 Å². The highest BCUT2D eigenvalue weighted by Gasteiger charge is 2.48. The van der Waals surface area contributed by atoms with Gasteiger partial charge < -0.3 is 10.5 Å². The van der Waals surface area contributed by atoms with Crippen LogP contribution in [0.5, 0.6) is 0 Å². The number of hydrogen-bond donors (Lipinski definition) is 1. The monoisotopic (exact) mass is 111 g/mol. The first kappa shape index (κ1) is 5.51. The van der Waals surface area contributed by atoms with Gasteiger partial charge in [-0.15, -0.1) is 6.58 Å². The minimum atomic E-state index is -0.540. The van der Waals surface area contributed by atoms with Gasteiger partial charge in [0.1, 0.15) is 6.29 Å². The molecule has 0 bridgehead atoms. The first-order valence-electron chi connectivity index (χ1n) is 2.61. The molecule has 0 amide bonds. The molecule has 0 spiro atoms. The predicted octanol–water partition coefficient (Wildman–Crippen LogP) is 0.0887. The number of nitrogens with two attached hydrogens (primary N) is 1. The van der Waals surface area contributed by atoms with Gasteiger partial charge in [0.25, 0.3) is 0 Å². The highest BCUT2D eigenvalue weighted by Crippen LogP contribution is 2.39. The van der Waals surface area contributed by atoms with E-state index in [0.29, 0.717) is 0 Å². The van der Waals surface area contributed by atoms with Gasteiger partial charge in [-0.05, 0) is 6.42 Å². The van der Waals surface area contributed by atoms with E-state index in [-0.39, 0.29) is 5.92 Å². The zero-order valence-electron chi connectivity index (χ0n) is 4.63. The molecule has 1 fully saturated rings. The highest BCUT2D eigenvalue weighted by molar-refractivity contribution is 5.70. The second kappa shape index (κ2) is 1.42. The van der Waals surface area contributed by atoms with E-state index in [1.165, 1.54) is 0 Å². The third-order valence-corrected chi connectivity index (χ3v) is 1.61. The fourth-order valence-electron chi connectivity index (χ4n) is 0.760. The first-order chi connectivity index (χ1) is 3.73. The minimum Gasteiger partial charge on any atom is -0.319 e. The molecule has 2 nitrogen and oxygen atoms in total. The van der Waals surface area contributed by atoms with E-state index in [0.717, 1.165) is 12.7 Å². The lowest BCUT2D eigenvalue weighted by Gasteiger charge is -1.93. The van der Waals surface area contributed by atoms with Gasteiger partial charge >= 0.3 is 0 Å². The quantitative estimate of drug-likeness (QED) is 0.405. The normalized spacial score (nSPS) is 43.4. The SMILES string of the molecule is C=CC1CC1(N)C=O. The van der Waals surface area contributed by atoms with Crippen LogP contribution in [-0.2, 0) is 4.79 Å². The Hall–Kier alpha value is -0.630. The zero-order valence-corrected chi connectivity index (χ0v) is 4.63. The molecule has 2 unspecified atom stereocenters. The molecule has 1 aliphatic carbocycles. The van der Waals surface area contributed by atoms with E-state index in [1.54, 1.807) is 6.08 Å². The van der Waals surface area contributed by atoms with E-state index >= 15 is 0 Å². The van der Waals surface area contributed by atoms with Crippen molar-refractivity contribution in [3.05, 3.63) is 12.7 Å². The van der Waals surface area contributed by atoms with Crippen molar-refractivity contribution in [3.63, 3.8) is 0 Å². The van der Waals surface area contributed by atoms with Crippen LogP contribution in [0, 0.1) is 5.92 Å². The number of hydrogen-bond acceptors (Lipinski definition) is 2. The van der Waals surface area contributed by atoms with Crippen molar-refractivity contribution < 1.29 is 4.79 Å². The molecule has 0 aromatic heterocycles. The van der Waals surface area contributed by atoms with E-state index in [1.807, 2.05) is 0 Å². The van der Waals surface area contributed by atoms with Gasteiger partial charge in [0.15, 0.2) is 0 Å². The molecule has 0 saturated heterocycles. The van der Waals surface area contributed by atoms with Crippen LogP contribution in [0.4, 0.5) is 0 Å². The van der Waals surface area contributed by atoms with Crippen LogP contribution >= 0.6 is 0 Å². The first-order valence-corrected chi connectivity index (χ1v) is 2.61. The fourth-order valence-corrected chi connectivity index (χ4v) is 0.760. The molecular weight excluding hydrogens is 102 g/mol. The van der Waals surface area contributed by atoms with Gasteiger partial charge in [-0.2, -0.15) is 0 Å².